The summed E-state index contributed by atoms with van der Waals surface area (Å²) in [6, 6.07) is 16.2. The Morgan fingerprint density at radius 2 is 1.59 bits per heavy atom. The van der Waals surface area contributed by atoms with Crippen molar-refractivity contribution in [2.24, 2.45) is 0 Å². The third-order valence-electron chi connectivity index (χ3n) is 5.18. The number of nitrogens with one attached hydrogen (secondary N) is 2. The van der Waals surface area contributed by atoms with Gasteiger partial charge < -0.3 is 25.2 Å². The zero-order valence-corrected chi connectivity index (χ0v) is 18.2. The van der Waals surface area contributed by atoms with Gasteiger partial charge in [0.25, 0.3) is 0 Å². The van der Waals surface area contributed by atoms with Crippen LogP contribution in [0.25, 0.3) is 11.1 Å². The summed E-state index contributed by atoms with van der Waals surface area (Å²) < 4.78 is 10.4. The summed E-state index contributed by atoms with van der Waals surface area (Å²) in [7, 11) is 0. The van der Waals surface area contributed by atoms with Crippen LogP contribution in [0.2, 0.25) is 0 Å². The van der Waals surface area contributed by atoms with Gasteiger partial charge in [-0.2, -0.15) is 0 Å². The molecule has 8 heteroatoms. The Balaban J connectivity index is 1.48. The second-order valence-electron chi connectivity index (χ2n) is 8.31. The average molecular weight is 440 g/mol. The summed E-state index contributed by atoms with van der Waals surface area (Å²) in [5.74, 6) is -1.39. The summed E-state index contributed by atoms with van der Waals surface area (Å²) in [6.45, 7) is 3.53. The van der Waals surface area contributed by atoms with Crippen molar-refractivity contribution >= 4 is 18.0 Å². The lowest BCUT2D eigenvalue weighted by Gasteiger charge is -2.25. The SMILES string of the molecule is CC(C)(CC(=O)NCCOCC(=O)O)NC(=O)OCC1c2ccccc2-c2ccccc21. The molecular formula is C24H28N2O6. The predicted molar refractivity (Wildman–Crippen MR) is 118 cm³/mol. The van der Waals surface area contributed by atoms with Crippen LogP contribution in [0.4, 0.5) is 4.79 Å². The number of aliphatic carboxylic acids is 1. The van der Waals surface area contributed by atoms with E-state index in [1.165, 1.54) is 0 Å². The Kier molecular flexibility index (Phi) is 7.48. The highest BCUT2D eigenvalue weighted by Crippen LogP contribution is 2.44. The summed E-state index contributed by atoms with van der Waals surface area (Å²) in [6.07, 6.45) is -0.551. The predicted octanol–water partition coefficient (Wildman–Crippen LogP) is 2.91. The van der Waals surface area contributed by atoms with Crippen LogP contribution in [0.3, 0.4) is 0 Å². The van der Waals surface area contributed by atoms with Gasteiger partial charge in [-0.15, -0.1) is 0 Å². The molecule has 0 bridgehead atoms. The lowest BCUT2D eigenvalue weighted by atomic mass is 9.98. The lowest BCUT2D eigenvalue weighted by Crippen LogP contribution is -2.47. The number of rotatable bonds is 10. The maximum atomic E-state index is 12.4. The minimum absolute atomic E-state index is 0.0367. The van der Waals surface area contributed by atoms with Gasteiger partial charge in [-0.05, 0) is 36.1 Å². The number of fused-ring (bicyclic) bond motifs is 3. The van der Waals surface area contributed by atoms with Gasteiger partial charge in [0, 0.05) is 24.4 Å². The first kappa shape index (κ1) is 23.3. The monoisotopic (exact) mass is 440 g/mol. The van der Waals surface area contributed by atoms with Gasteiger partial charge in [0.05, 0.1) is 6.61 Å². The Hall–Kier alpha value is -3.39. The average Bonchev–Trinajstić information content (AvgIpc) is 3.05. The first-order valence-corrected chi connectivity index (χ1v) is 10.5. The van der Waals surface area contributed by atoms with Crippen LogP contribution in [0.1, 0.15) is 37.3 Å². The molecule has 0 aromatic heterocycles. The number of hydrogen-bond donors (Lipinski definition) is 3. The second kappa shape index (κ2) is 10.3. The Labute approximate surface area is 186 Å². The second-order valence-corrected chi connectivity index (χ2v) is 8.31. The molecule has 0 fully saturated rings. The van der Waals surface area contributed by atoms with E-state index in [0.717, 1.165) is 22.3 Å². The van der Waals surface area contributed by atoms with E-state index in [1.807, 2.05) is 24.3 Å². The Morgan fingerprint density at radius 3 is 2.19 bits per heavy atom. The van der Waals surface area contributed by atoms with E-state index in [2.05, 4.69) is 34.9 Å². The summed E-state index contributed by atoms with van der Waals surface area (Å²) in [4.78, 5) is 34.9. The molecule has 1 aliphatic carbocycles. The van der Waals surface area contributed by atoms with Crippen molar-refractivity contribution in [2.45, 2.75) is 31.7 Å². The van der Waals surface area contributed by atoms with Gasteiger partial charge in [0.15, 0.2) is 0 Å². The van der Waals surface area contributed by atoms with Gasteiger partial charge in [0.2, 0.25) is 5.91 Å². The molecule has 0 heterocycles. The number of carbonyl (C=O) groups is 3. The Bertz CT molecular complexity index is 942. The van der Waals surface area contributed by atoms with Gasteiger partial charge in [-0.1, -0.05) is 48.5 Å². The molecule has 0 saturated carbocycles. The van der Waals surface area contributed by atoms with Crippen LogP contribution in [0, 0.1) is 0 Å². The fourth-order valence-corrected chi connectivity index (χ4v) is 3.84. The Morgan fingerprint density at radius 1 is 1.00 bits per heavy atom. The van der Waals surface area contributed by atoms with Crippen LogP contribution in [-0.4, -0.2) is 55.0 Å². The molecule has 0 radical (unpaired) electrons. The molecule has 0 unspecified atom stereocenters. The van der Waals surface area contributed by atoms with Crippen LogP contribution in [-0.2, 0) is 19.1 Å². The molecule has 0 spiro atoms. The summed E-state index contributed by atoms with van der Waals surface area (Å²) in [5.41, 5.74) is 3.74. The number of amides is 2. The number of benzene rings is 2. The highest BCUT2D eigenvalue weighted by Gasteiger charge is 2.30. The molecule has 2 amide bonds. The van der Waals surface area contributed by atoms with Crippen LogP contribution in [0.5, 0.6) is 0 Å². The van der Waals surface area contributed by atoms with Gasteiger partial charge >= 0.3 is 12.1 Å². The van der Waals surface area contributed by atoms with Crippen molar-refractivity contribution < 1.29 is 29.0 Å². The summed E-state index contributed by atoms with van der Waals surface area (Å²) in [5, 5.41) is 13.9. The first-order valence-electron chi connectivity index (χ1n) is 10.5. The largest absolute Gasteiger partial charge is 0.480 e. The van der Waals surface area contributed by atoms with E-state index in [9.17, 15) is 14.4 Å². The van der Waals surface area contributed by atoms with Crippen molar-refractivity contribution in [1.82, 2.24) is 10.6 Å². The van der Waals surface area contributed by atoms with Crippen LogP contribution >= 0.6 is 0 Å². The van der Waals surface area contributed by atoms with E-state index in [-0.39, 0.29) is 38.0 Å². The molecule has 3 N–H and O–H groups in total. The number of carboxylic acid groups (broad SMARTS) is 1. The molecule has 0 atom stereocenters. The van der Waals surface area contributed by atoms with E-state index >= 15 is 0 Å². The molecule has 2 aromatic carbocycles. The van der Waals surface area contributed by atoms with Crippen molar-refractivity contribution in [3.63, 3.8) is 0 Å². The number of alkyl carbamates (subject to hydrolysis) is 1. The third kappa shape index (κ3) is 6.07. The molecule has 0 saturated heterocycles. The minimum Gasteiger partial charge on any atom is -0.480 e. The molecule has 170 valence electrons. The normalized spacial score (nSPS) is 12.6. The topological polar surface area (TPSA) is 114 Å². The van der Waals surface area contributed by atoms with E-state index < -0.39 is 24.2 Å². The van der Waals surface area contributed by atoms with E-state index in [1.54, 1.807) is 13.8 Å². The van der Waals surface area contributed by atoms with Gasteiger partial charge in [0.1, 0.15) is 13.2 Å². The first-order chi connectivity index (χ1) is 15.3. The van der Waals surface area contributed by atoms with Gasteiger partial charge in [-0.25, -0.2) is 9.59 Å². The molecule has 32 heavy (non-hydrogen) atoms. The molecular weight excluding hydrogens is 412 g/mol. The van der Waals surface area contributed by atoms with Gasteiger partial charge in [-0.3, -0.25) is 4.79 Å². The van der Waals surface area contributed by atoms with Crippen LogP contribution < -0.4 is 10.6 Å². The molecule has 2 aromatic rings. The molecule has 1 aliphatic rings. The highest BCUT2D eigenvalue weighted by atomic mass is 16.5. The zero-order chi connectivity index (χ0) is 23.1. The summed E-state index contributed by atoms with van der Waals surface area (Å²) >= 11 is 0. The molecule has 0 aliphatic heterocycles. The molecule has 8 nitrogen and oxygen atoms in total. The highest BCUT2D eigenvalue weighted by molar-refractivity contribution is 5.80. The number of carbonyl (C=O) groups excluding carboxylic acids is 2. The standard InChI is InChI=1S/C24H28N2O6/c1-24(2,13-21(27)25-11-12-31-15-22(28)29)26-23(30)32-14-20-18-9-5-3-7-16(18)17-8-4-6-10-19(17)20/h3-10,20H,11-15H2,1-2H3,(H,25,27)(H,26,30)(H,28,29). The quantitative estimate of drug-likeness (QED) is 0.490. The van der Waals surface area contributed by atoms with Crippen molar-refractivity contribution in [1.29, 1.82) is 0 Å². The maximum absolute atomic E-state index is 12.4. The fourth-order valence-electron chi connectivity index (χ4n) is 3.84. The van der Waals surface area contributed by atoms with E-state index in [0.29, 0.717) is 0 Å². The third-order valence-corrected chi connectivity index (χ3v) is 5.18. The maximum Gasteiger partial charge on any atom is 0.407 e. The molecule has 3 rings (SSSR count). The smallest absolute Gasteiger partial charge is 0.407 e. The fraction of sp³-hybridized carbons (Fsp3) is 0.375. The number of carboxylic acids is 1. The number of ether oxygens (including phenoxy) is 2. The van der Waals surface area contributed by atoms with E-state index in [4.69, 9.17) is 14.6 Å². The van der Waals surface area contributed by atoms with Crippen molar-refractivity contribution in [3.05, 3.63) is 59.7 Å². The minimum atomic E-state index is -1.07. The van der Waals surface area contributed by atoms with Crippen molar-refractivity contribution in [3.8, 4) is 11.1 Å². The van der Waals surface area contributed by atoms with Crippen LogP contribution in [0.15, 0.2) is 48.5 Å². The number of hydrogen-bond acceptors (Lipinski definition) is 5. The van der Waals surface area contributed by atoms with Crippen molar-refractivity contribution in [2.75, 3.05) is 26.4 Å². The zero-order valence-electron chi connectivity index (χ0n) is 18.2. The lowest BCUT2D eigenvalue weighted by molar-refractivity contribution is -0.142.